The molecule has 3 rings (SSSR count). The summed E-state index contributed by atoms with van der Waals surface area (Å²) >= 11 is 0. The van der Waals surface area contributed by atoms with Gasteiger partial charge in [-0.05, 0) is 43.7 Å². The number of nitrogens with zero attached hydrogens (tertiary/aromatic N) is 1. The minimum Gasteiger partial charge on any atom is -0.336 e. The second kappa shape index (κ2) is 5.57. The summed E-state index contributed by atoms with van der Waals surface area (Å²) in [5.41, 5.74) is 2.66. The van der Waals surface area contributed by atoms with Crippen molar-refractivity contribution in [3.8, 4) is 0 Å². The number of fused-ring (bicyclic) bond motifs is 1. The average Bonchev–Trinajstić information content (AvgIpc) is 2.87. The smallest absolute Gasteiger partial charge is 0.240 e. The Morgan fingerprint density at radius 2 is 2.05 bits per heavy atom. The summed E-state index contributed by atoms with van der Waals surface area (Å²) in [5, 5.41) is 3.43. The van der Waals surface area contributed by atoms with Crippen LogP contribution in [0.1, 0.15) is 44.2 Å². The van der Waals surface area contributed by atoms with Crippen LogP contribution in [0, 0.1) is 0 Å². The van der Waals surface area contributed by atoms with Crippen molar-refractivity contribution in [1.82, 2.24) is 10.2 Å². The third-order valence-electron chi connectivity index (χ3n) is 4.89. The lowest BCUT2D eigenvalue weighted by Gasteiger charge is -2.34. The second-order valence-corrected chi connectivity index (χ2v) is 6.14. The Bertz CT molecular complexity index is 500. The van der Waals surface area contributed by atoms with Crippen molar-refractivity contribution in [1.29, 1.82) is 0 Å². The van der Waals surface area contributed by atoms with Gasteiger partial charge in [-0.2, -0.15) is 0 Å². The van der Waals surface area contributed by atoms with Crippen molar-refractivity contribution in [2.75, 3.05) is 0 Å². The van der Waals surface area contributed by atoms with Crippen LogP contribution in [0.15, 0.2) is 24.3 Å². The lowest BCUT2D eigenvalue weighted by molar-refractivity contribution is -0.136. The molecule has 0 aliphatic carbocycles. The number of likely N-dealkylation sites (tertiary alicyclic amines) is 1. The van der Waals surface area contributed by atoms with Gasteiger partial charge in [0.1, 0.15) is 0 Å². The molecule has 2 aliphatic rings. The summed E-state index contributed by atoms with van der Waals surface area (Å²) in [6.45, 7) is 5.18. The van der Waals surface area contributed by atoms with Crippen LogP contribution in [-0.4, -0.2) is 28.9 Å². The molecular weight excluding hydrogens is 248 g/mol. The third-order valence-corrected chi connectivity index (χ3v) is 4.89. The number of amides is 1. The molecule has 20 heavy (non-hydrogen) atoms. The molecule has 2 unspecified atom stereocenters. The van der Waals surface area contributed by atoms with Crippen LogP contribution in [0.3, 0.4) is 0 Å². The molecule has 3 heteroatoms. The highest BCUT2D eigenvalue weighted by Gasteiger charge is 2.37. The van der Waals surface area contributed by atoms with Gasteiger partial charge in [0.25, 0.3) is 0 Å². The number of rotatable bonds is 2. The Hall–Kier alpha value is -1.35. The van der Waals surface area contributed by atoms with Crippen LogP contribution >= 0.6 is 0 Å². The zero-order valence-corrected chi connectivity index (χ0v) is 12.4. The molecule has 1 aromatic rings. The molecule has 1 fully saturated rings. The molecule has 3 nitrogen and oxygen atoms in total. The second-order valence-electron chi connectivity index (χ2n) is 6.14. The van der Waals surface area contributed by atoms with Gasteiger partial charge in [-0.25, -0.2) is 0 Å². The number of hydrogen-bond donors (Lipinski definition) is 1. The first kappa shape index (κ1) is 13.6. The van der Waals surface area contributed by atoms with Crippen molar-refractivity contribution < 1.29 is 4.79 Å². The van der Waals surface area contributed by atoms with Gasteiger partial charge in [-0.1, -0.05) is 31.2 Å². The maximum atomic E-state index is 12.9. The Kier molecular flexibility index (Phi) is 3.79. The Labute approximate surface area is 121 Å². The average molecular weight is 272 g/mol. The molecule has 1 amide bonds. The summed E-state index contributed by atoms with van der Waals surface area (Å²) in [4.78, 5) is 15.0. The first-order valence-electron chi connectivity index (χ1n) is 7.83. The molecule has 1 N–H and O–H groups in total. The van der Waals surface area contributed by atoms with Gasteiger partial charge in [-0.3, -0.25) is 4.79 Å². The van der Waals surface area contributed by atoms with Gasteiger partial charge >= 0.3 is 0 Å². The Balaban J connectivity index is 1.76. The van der Waals surface area contributed by atoms with E-state index in [2.05, 4.69) is 48.3 Å². The third kappa shape index (κ3) is 2.35. The SMILES string of the molecule is CCC1CCC(C)N1C(=O)[C@@H]1Cc2ccccc2CN1. The standard InChI is InChI=1S/C17H24N2O/c1-3-15-9-8-12(2)19(15)17(20)16-10-13-6-4-5-7-14(13)11-18-16/h4-7,12,15-16,18H,3,8-11H2,1-2H3/t12?,15?,16-/m0/s1. The molecule has 0 spiro atoms. The number of benzene rings is 1. The number of nitrogens with one attached hydrogen (secondary N) is 1. The minimum atomic E-state index is -0.0421. The van der Waals surface area contributed by atoms with Crippen LogP contribution in [0.25, 0.3) is 0 Å². The Morgan fingerprint density at radius 3 is 2.80 bits per heavy atom. The fraction of sp³-hybridized carbons (Fsp3) is 0.588. The zero-order valence-electron chi connectivity index (χ0n) is 12.4. The van der Waals surface area contributed by atoms with Crippen LogP contribution in [0.4, 0.5) is 0 Å². The number of hydrogen-bond acceptors (Lipinski definition) is 2. The van der Waals surface area contributed by atoms with Crippen molar-refractivity contribution in [2.24, 2.45) is 0 Å². The van der Waals surface area contributed by atoms with Crippen LogP contribution < -0.4 is 5.32 Å². The molecule has 0 bridgehead atoms. The summed E-state index contributed by atoms with van der Waals surface area (Å²) in [6.07, 6.45) is 4.20. The van der Waals surface area contributed by atoms with E-state index in [4.69, 9.17) is 0 Å². The van der Waals surface area contributed by atoms with E-state index in [0.717, 1.165) is 32.2 Å². The molecular formula is C17H24N2O. The molecule has 2 heterocycles. The first-order valence-corrected chi connectivity index (χ1v) is 7.83. The number of carbonyl (C=O) groups excluding carboxylic acids is 1. The Morgan fingerprint density at radius 1 is 1.30 bits per heavy atom. The molecule has 2 aliphatic heterocycles. The minimum absolute atomic E-state index is 0.0421. The summed E-state index contributed by atoms with van der Waals surface area (Å²) in [7, 11) is 0. The van der Waals surface area contributed by atoms with Gasteiger partial charge < -0.3 is 10.2 Å². The lowest BCUT2D eigenvalue weighted by Crippen LogP contribution is -2.52. The van der Waals surface area contributed by atoms with Crippen molar-refractivity contribution in [3.05, 3.63) is 35.4 Å². The zero-order chi connectivity index (χ0) is 14.1. The highest BCUT2D eigenvalue weighted by atomic mass is 16.2. The van der Waals surface area contributed by atoms with E-state index >= 15 is 0 Å². The normalized spacial score (nSPS) is 29.3. The predicted octanol–water partition coefficient (Wildman–Crippen LogP) is 2.49. The van der Waals surface area contributed by atoms with Crippen molar-refractivity contribution in [2.45, 2.75) is 64.2 Å². The van der Waals surface area contributed by atoms with Crippen LogP contribution in [0.5, 0.6) is 0 Å². The summed E-state index contributed by atoms with van der Waals surface area (Å²) in [5.74, 6) is 0.302. The highest BCUT2D eigenvalue weighted by molar-refractivity contribution is 5.83. The molecule has 108 valence electrons. The van der Waals surface area contributed by atoms with Gasteiger partial charge in [0.15, 0.2) is 0 Å². The quantitative estimate of drug-likeness (QED) is 0.897. The van der Waals surface area contributed by atoms with Crippen LogP contribution in [0.2, 0.25) is 0 Å². The van der Waals surface area contributed by atoms with Gasteiger partial charge in [0.05, 0.1) is 6.04 Å². The van der Waals surface area contributed by atoms with E-state index in [1.165, 1.54) is 11.1 Å². The maximum absolute atomic E-state index is 12.9. The van der Waals surface area contributed by atoms with E-state index in [1.54, 1.807) is 0 Å². The molecule has 0 aromatic heterocycles. The van der Waals surface area contributed by atoms with E-state index in [9.17, 15) is 4.79 Å². The van der Waals surface area contributed by atoms with E-state index in [-0.39, 0.29) is 6.04 Å². The van der Waals surface area contributed by atoms with Crippen LogP contribution in [-0.2, 0) is 17.8 Å². The maximum Gasteiger partial charge on any atom is 0.240 e. The van der Waals surface area contributed by atoms with E-state index in [1.807, 2.05) is 0 Å². The molecule has 1 aromatic carbocycles. The van der Waals surface area contributed by atoms with E-state index in [0.29, 0.717) is 18.0 Å². The molecule has 0 radical (unpaired) electrons. The first-order chi connectivity index (χ1) is 9.70. The predicted molar refractivity (Wildman–Crippen MR) is 80.4 cm³/mol. The lowest BCUT2D eigenvalue weighted by atomic mass is 9.95. The molecule has 3 atom stereocenters. The van der Waals surface area contributed by atoms with Gasteiger partial charge in [-0.15, -0.1) is 0 Å². The fourth-order valence-electron chi connectivity index (χ4n) is 3.68. The van der Waals surface area contributed by atoms with Crippen molar-refractivity contribution >= 4 is 5.91 Å². The van der Waals surface area contributed by atoms with Gasteiger partial charge in [0.2, 0.25) is 5.91 Å². The fourth-order valence-corrected chi connectivity index (χ4v) is 3.68. The molecule has 1 saturated heterocycles. The van der Waals surface area contributed by atoms with E-state index < -0.39 is 0 Å². The van der Waals surface area contributed by atoms with Crippen molar-refractivity contribution in [3.63, 3.8) is 0 Å². The monoisotopic (exact) mass is 272 g/mol. The topological polar surface area (TPSA) is 32.3 Å². The number of carbonyl (C=O) groups is 1. The summed E-state index contributed by atoms with van der Waals surface area (Å²) < 4.78 is 0. The van der Waals surface area contributed by atoms with Gasteiger partial charge in [0, 0.05) is 18.6 Å². The summed E-state index contributed by atoms with van der Waals surface area (Å²) in [6, 6.07) is 9.23. The molecule has 0 saturated carbocycles. The highest BCUT2D eigenvalue weighted by Crippen LogP contribution is 2.28. The largest absolute Gasteiger partial charge is 0.336 e.